The SMILES string of the molecule is Cc1ccc(CNc2ccc(OCC(O)CN(C)C)cc2)nc1. The first-order valence-corrected chi connectivity index (χ1v) is 7.74. The van der Waals surface area contributed by atoms with E-state index >= 15 is 0 Å². The number of hydrogen-bond acceptors (Lipinski definition) is 5. The number of pyridine rings is 1. The van der Waals surface area contributed by atoms with Crippen LogP contribution in [0.5, 0.6) is 5.75 Å². The Morgan fingerprint density at radius 1 is 1.17 bits per heavy atom. The third kappa shape index (κ3) is 6.26. The molecule has 1 unspecified atom stereocenters. The van der Waals surface area contributed by atoms with E-state index in [0.29, 0.717) is 13.1 Å². The highest BCUT2D eigenvalue weighted by molar-refractivity contribution is 5.46. The second-order valence-corrected chi connectivity index (χ2v) is 5.93. The van der Waals surface area contributed by atoms with Gasteiger partial charge in [0.05, 0.1) is 12.2 Å². The van der Waals surface area contributed by atoms with Crippen molar-refractivity contribution in [3.8, 4) is 5.75 Å². The number of nitrogens with one attached hydrogen (secondary N) is 1. The first-order valence-electron chi connectivity index (χ1n) is 7.74. The van der Waals surface area contributed by atoms with Gasteiger partial charge in [-0.1, -0.05) is 6.07 Å². The third-order valence-electron chi connectivity index (χ3n) is 3.32. The Bertz CT molecular complexity index is 582. The van der Waals surface area contributed by atoms with Crippen LogP contribution in [0.4, 0.5) is 5.69 Å². The molecule has 0 fully saturated rings. The minimum absolute atomic E-state index is 0.290. The van der Waals surface area contributed by atoms with Crippen LogP contribution < -0.4 is 10.1 Å². The van der Waals surface area contributed by atoms with E-state index < -0.39 is 6.10 Å². The number of likely N-dealkylation sites (N-methyl/N-ethyl adjacent to an activating group) is 1. The van der Waals surface area contributed by atoms with Gasteiger partial charge in [0.15, 0.2) is 0 Å². The van der Waals surface area contributed by atoms with E-state index in [1.807, 2.05) is 62.4 Å². The number of hydrogen-bond donors (Lipinski definition) is 2. The quantitative estimate of drug-likeness (QED) is 0.783. The molecule has 0 saturated carbocycles. The fraction of sp³-hybridized carbons (Fsp3) is 0.389. The van der Waals surface area contributed by atoms with Gasteiger partial charge in [-0.05, 0) is 56.9 Å². The maximum absolute atomic E-state index is 9.78. The molecule has 5 nitrogen and oxygen atoms in total. The molecule has 0 radical (unpaired) electrons. The molecule has 0 aliphatic heterocycles. The smallest absolute Gasteiger partial charge is 0.119 e. The summed E-state index contributed by atoms with van der Waals surface area (Å²) in [4.78, 5) is 6.30. The zero-order valence-electron chi connectivity index (χ0n) is 14.0. The standard InChI is InChI=1S/C18H25N3O2/c1-14-4-5-16(19-10-14)11-20-15-6-8-18(9-7-15)23-13-17(22)12-21(2)3/h4-10,17,20,22H,11-13H2,1-3H3. The molecule has 2 N–H and O–H groups in total. The van der Waals surface area contributed by atoms with Crippen molar-refractivity contribution in [2.75, 3.05) is 32.6 Å². The van der Waals surface area contributed by atoms with Gasteiger partial charge in [-0.15, -0.1) is 0 Å². The number of aryl methyl sites for hydroxylation is 1. The Balaban J connectivity index is 1.79. The number of aliphatic hydroxyl groups is 1. The lowest BCUT2D eigenvalue weighted by atomic mass is 10.2. The number of ether oxygens (including phenoxy) is 1. The number of benzene rings is 1. The third-order valence-corrected chi connectivity index (χ3v) is 3.32. The highest BCUT2D eigenvalue weighted by atomic mass is 16.5. The summed E-state index contributed by atoms with van der Waals surface area (Å²) < 4.78 is 5.58. The molecule has 2 rings (SSSR count). The van der Waals surface area contributed by atoms with E-state index in [4.69, 9.17) is 4.74 Å². The second-order valence-electron chi connectivity index (χ2n) is 5.93. The average molecular weight is 315 g/mol. The summed E-state index contributed by atoms with van der Waals surface area (Å²) in [6.07, 6.45) is 1.38. The van der Waals surface area contributed by atoms with Crippen LogP contribution in [0.15, 0.2) is 42.6 Å². The molecule has 0 spiro atoms. The van der Waals surface area contributed by atoms with Crippen LogP contribution in [0.25, 0.3) is 0 Å². The fourth-order valence-electron chi connectivity index (χ4n) is 2.13. The molecular weight excluding hydrogens is 290 g/mol. The zero-order valence-corrected chi connectivity index (χ0v) is 14.0. The van der Waals surface area contributed by atoms with E-state index in [2.05, 4.69) is 16.4 Å². The van der Waals surface area contributed by atoms with Gasteiger partial charge in [0.25, 0.3) is 0 Å². The molecule has 0 amide bonds. The molecule has 0 saturated heterocycles. The summed E-state index contributed by atoms with van der Waals surface area (Å²) in [6, 6.07) is 11.8. The lowest BCUT2D eigenvalue weighted by Crippen LogP contribution is -2.30. The van der Waals surface area contributed by atoms with Gasteiger partial charge < -0.3 is 20.1 Å². The Kier molecular flexibility index (Phi) is 6.38. The monoisotopic (exact) mass is 315 g/mol. The van der Waals surface area contributed by atoms with E-state index in [1.54, 1.807) is 0 Å². The number of aromatic nitrogens is 1. The number of rotatable bonds is 8. The molecule has 23 heavy (non-hydrogen) atoms. The molecule has 1 aromatic carbocycles. The van der Waals surface area contributed by atoms with Gasteiger partial charge in [-0.2, -0.15) is 0 Å². The molecule has 1 atom stereocenters. The van der Waals surface area contributed by atoms with Crippen molar-refractivity contribution in [3.05, 3.63) is 53.9 Å². The highest BCUT2D eigenvalue weighted by Crippen LogP contribution is 2.16. The minimum atomic E-state index is -0.490. The maximum atomic E-state index is 9.78. The molecule has 5 heteroatoms. The van der Waals surface area contributed by atoms with Crippen LogP contribution in [0, 0.1) is 6.92 Å². The van der Waals surface area contributed by atoms with Gasteiger partial charge in [-0.3, -0.25) is 4.98 Å². The molecule has 1 heterocycles. The Hall–Kier alpha value is -2.11. The van der Waals surface area contributed by atoms with Gasteiger partial charge in [0.2, 0.25) is 0 Å². The molecule has 124 valence electrons. The Morgan fingerprint density at radius 2 is 1.91 bits per heavy atom. The molecular formula is C18H25N3O2. The Labute approximate surface area is 137 Å². The first kappa shape index (κ1) is 17.2. The summed E-state index contributed by atoms with van der Waals surface area (Å²) in [6.45, 7) is 3.59. The van der Waals surface area contributed by atoms with Crippen molar-refractivity contribution in [2.45, 2.75) is 19.6 Å². The minimum Gasteiger partial charge on any atom is -0.491 e. The van der Waals surface area contributed by atoms with Crippen molar-refractivity contribution in [1.82, 2.24) is 9.88 Å². The van der Waals surface area contributed by atoms with Crippen molar-refractivity contribution < 1.29 is 9.84 Å². The molecule has 0 aliphatic rings. The fourth-order valence-corrected chi connectivity index (χ4v) is 2.13. The predicted molar refractivity (Wildman–Crippen MR) is 92.8 cm³/mol. The van der Waals surface area contributed by atoms with Crippen LogP contribution in [-0.4, -0.2) is 48.3 Å². The number of anilines is 1. The van der Waals surface area contributed by atoms with Gasteiger partial charge >= 0.3 is 0 Å². The lowest BCUT2D eigenvalue weighted by molar-refractivity contribution is 0.0831. The van der Waals surface area contributed by atoms with E-state index in [9.17, 15) is 5.11 Å². The van der Waals surface area contributed by atoms with E-state index in [-0.39, 0.29) is 6.61 Å². The number of nitrogens with zero attached hydrogens (tertiary/aromatic N) is 2. The molecule has 2 aromatic rings. The van der Waals surface area contributed by atoms with Crippen LogP contribution >= 0.6 is 0 Å². The van der Waals surface area contributed by atoms with Crippen molar-refractivity contribution >= 4 is 5.69 Å². The average Bonchev–Trinajstić information content (AvgIpc) is 2.53. The van der Waals surface area contributed by atoms with E-state index in [1.165, 1.54) is 0 Å². The van der Waals surface area contributed by atoms with Gasteiger partial charge in [0.1, 0.15) is 18.5 Å². The van der Waals surface area contributed by atoms with Gasteiger partial charge in [0, 0.05) is 18.4 Å². The van der Waals surface area contributed by atoms with Crippen LogP contribution in [0.1, 0.15) is 11.3 Å². The summed E-state index contributed by atoms with van der Waals surface area (Å²) in [5.74, 6) is 0.752. The highest BCUT2D eigenvalue weighted by Gasteiger charge is 2.06. The van der Waals surface area contributed by atoms with E-state index in [0.717, 1.165) is 22.7 Å². The summed E-state index contributed by atoms with van der Waals surface area (Å²) in [5.41, 5.74) is 3.17. The van der Waals surface area contributed by atoms with Crippen molar-refractivity contribution in [3.63, 3.8) is 0 Å². The van der Waals surface area contributed by atoms with Crippen LogP contribution in [0.2, 0.25) is 0 Å². The number of aliphatic hydroxyl groups excluding tert-OH is 1. The van der Waals surface area contributed by atoms with Crippen LogP contribution in [-0.2, 0) is 6.54 Å². The Morgan fingerprint density at radius 3 is 2.52 bits per heavy atom. The second kappa shape index (κ2) is 8.50. The normalized spacial score (nSPS) is 12.2. The maximum Gasteiger partial charge on any atom is 0.119 e. The molecule has 0 aliphatic carbocycles. The van der Waals surface area contributed by atoms with Crippen molar-refractivity contribution in [1.29, 1.82) is 0 Å². The summed E-state index contributed by atoms with van der Waals surface area (Å²) >= 11 is 0. The van der Waals surface area contributed by atoms with Crippen molar-refractivity contribution in [2.24, 2.45) is 0 Å². The van der Waals surface area contributed by atoms with Crippen LogP contribution in [0.3, 0.4) is 0 Å². The topological polar surface area (TPSA) is 57.6 Å². The summed E-state index contributed by atoms with van der Waals surface area (Å²) in [7, 11) is 3.85. The predicted octanol–water partition coefficient (Wildman–Crippen LogP) is 2.30. The molecule has 0 bridgehead atoms. The molecule has 1 aromatic heterocycles. The summed E-state index contributed by atoms with van der Waals surface area (Å²) in [5, 5.41) is 13.1. The largest absolute Gasteiger partial charge is 0.491 e. The van der Waals surface area contributed by atoms with Gasteiger partial charge in [-0.25, -0.2) is 0 Å². The first-order chi connectivity index (χ1) is 11.0. The lowest BCUT2D eigenvalue weighted by Gasteiger charge is -2.16. The zero-order chi connectivity index (χ0) is 16.7.